The maximum absolute atomic E-state index is 4.90. The molecule has 118 valence electrons. The second kappa shape index (κ2) is 6.25. The summed E-state index contributed by atoms with van der Waals surface area (Å²) >= 11 is 3.57. The molecule has 0 aliphatic rings. The Bertz CT molecular complexity index is 1000. The van der Waals surface area contributed by atoms with Crippen molar-refractivity contribution in [3.05, 3.63) is 94.2 Å². The van der Waals surface area contributed by atoms with E-state index in [9.17, 15) is 0 Å². The molecular weight excluding hydrogens is 360 g/mol. The molecule has 0 aliphatic heterocycles. The first-order valence-corrected chi connectivity index (χ1v) is 8.77. The lowest BCUT2D eigenvalue weighted by molar-refractivity contribution is 1.02. The number of aromatic nitrogens is 2. The van der Waals surface area contributed by atoms with Crippen LogP contribution in [0.15, 0.2) is 77.4 Å². The third kappa shape index (κ3) is 2.87. The number of hydrogen-bond acceptors (Lipinski definition) is 1. The number of imidazole rings is 1. The van der Waals surface area contributed by atoms with Crippen LogP contribution in [0.4, 0.5) is 0 Å². The molecule has 0 bridgehead atoms. The highest BCUT2D eigenvalue weighted by molar-refractivity contribution is 9.10. The van der Waals surface area contributed by atoms with Gasteiger partial charge in [0.05, 0.1) is 11.4 Å². The Morgan fingerprint density at radius 3 is 2.58 bits per heavy atom. The first-order chi connectivity index (χ1) is 11.7. The number of rotatable bonds is 3. The molecule has 0 saturated heterocycles. The minimum absolute atomic E-state index is 0.854. The van der Waals surface area contributed by atoms with Crippen molar-refractivity contribution >= 4 is 21.6 Å². The van der Waals surface area contributed by atoms with E-state index in [0.717, 1.165) is 27.8 Å². The van der Waals surface area contributed by atoms with Gasteiger partial charge in [-0.05, 0) is 36.2 Å². The largest absolute Gasteiger partial charge is 0.303 e. The Kier molecular flexibility index (Phi) is 3.95. The van der Waals surface area contributed by atoms with Crippen molar-refractivity contribution in [2.45, 2.75) is 13.3 Å². The zero-order chi connectivity index (χ0) is 16.5. The minimum Gasteiger partial charge on any atom is -0.303 e. The van der Waals surface area contributed by atoms with Gasteiger partial charge in [0.25, 0.3) is 0 Å². The number of hydrogen-bond donors (Lipinski definition) is 0. The lowest BCUT2D eigenvalue weighted by atomic mass is 10.0. The number of aryl methyl sites for hydroxylation is 1. The average Bonchev–Trinajstić information content (AvgIpc) is 2.94. The molecule has 4 rings (SSSR count). The van der Waals surface area contributed by atoms with Crippen molar-refractivity contribution in [1.82, 2.24) is 9.38 Å². The summed E-state index contributed by atoms with van der Waals surface area (Å²) in [5.74, 6) is 0. The molecule has 0 unspecified atom stereocenters. The van der Waals surface area contributed by atoms with Gasteiger partial charge in [0, 0.05) is 22.7 Å². The van der Waals surface area contributed by atoms with Gasteiger partial charge in [-0.15, -0.1) is 0 Å². The maximum atomic E-state index is 4.90. The Hall–Kier alpha value is -2.39. The predicted molar refractivity (Wildman–Crippen MR) is 102 cm³/mol. The van der Waals surface area contributed by atoms with Crippen molar-refractivity contribution in [1.29, 1.82) is 0 Å². The van der Waals surface area contributed by atoms with E-state index in [2.05, 4.69) is 94.1 Å². The topological polar surface area (TPSA) is 17.3 Å². The predicted octanol–water partition coefficient (Wildman–Crippen LogP) is 5.66. The molecule has 24 heavy (non-hydrogen) atoms. The first-order valence-electron chi connectivity index (χ1n) is 7.98. The van der Waals surface area contributed by atoms with E-state index in [4.69, 9.17) is 4.98 Å². The van der Waals surface area contributed by atoms with Crippen LogP contribution in [-0.2, 0) is 6.42 Å². The van der Waals surface area contributed by atoms with Gasteiger partial charge < -0.3 is 4.40 Å². The number of pyridine rings is 1. The van der Waals surface area contributed by atoms with Crippen LogP contribution in [0.3, 0.4) is 0 Å². The van der Waals surface area contributed by atoms with Crippen molar-refractivity contribution in [2.24, 2.45) is 0 Å². The molecule has 0 radical (unpaired) electrons. The van der Waals surface area contributed by atoms with Crippen molar-refractivity contribution in [3.63, 3.8) is 0 Å². The zero-order valence-electron chi connectivity index (χ0n) is 13.4. The van der Waals surface area contributed by atoms with Gasteiger partial charge in [0.1, 0.15) is 5.65 Å². The Morgan fingerprint density at radius 1 is 0.958 bits per heavy atom. The first kappa shape index (κ1) is 15.2. The molecule has 0 atom stereocenters. The molecular formula is C21H17BrN2. The molecule has 0 fully saturated rings. The van der Waals surface area contributed by atoms with Crippen molar-refractivity contribution in [3.8, 4) is 11.3 Å². The van der Waals surface area contributed by atoms with Gasteiger partial charge in [0.2, 0.25) is 0 Å². The van der Waals surface area contributed by atoms with Crippen molar-refractivity contribution in [2.75, 3.05) is 0 Å². The second-order valence-corrected chi connectivity index (χ2v) is 6.93. The second-order valence-electron chi connectivity index (χ2n) is 6.01. The highest BCUT2D eigenvalue weighted by atomic mass is 79.9. The van der Waals surface area contributed by atoms with Crippen LogP contribution in [0.5, 0.6) is 0 Å². The van der Waals surface area contributed by atoms with Gasteiger partial charge in [-0.3, -0.25) is 0 Å². The number of nitrogens with zero attached hydrogens (tertiary/aromatic N) is 2. The number of benzene rings is 2. The lowest BCUT2D eigenvalue weighted by Gasteiger charge is -2.07. The van der Waals surface area contributed by atoms with Crippen LogP contribution < -0.4 is 0 Å². The van der Waals surface area contributed by atoms with E-state index in [1.54, 1.807) is 0 Å². The maximum Gasteiger partial charge on any atom is 0.137 e. The van der Waals surface area contributed by atoms with Crippen molar-refractivity contribution < 1.29 is 0 Å². The number of halogens is 1. The van der Waals surface area contributed by atoms with Gasteiger partial charge in [0.15, 0.2) is 0 Å². The standard InChI is InChI=1S/C21H17BrN2/c1-15-10-11-20-23-21(17-8-5-9-18(22)13-17)19(24(20)14-15)12-16-6-3-2-4-7-16/h2-11,13-14H,12H2,1H3. The Labute approximate surface area is 149 Å². The third-order valence-corrected chi connectivity index (χ3v) is 4.67. The van der Waals surface area contributed by atoms with E-state index in [-0.39, 0.29) is 0 Å². The fourth-order valence-corrected chi connectivity index (χ4v) is 3.42. The summed E-state index contributed by atoms with van der Waals surface area (Å²) < 4.78 is 3.29. The van der Waals surface area contributed by atoms with Gasteiger partial charge in [-0.2, -0.15) is 0 Å². The van der Waals surface area contributed by atoms with Crippen LogP contribution in [-0.4, -0.2) is 9.38 Å². The fraction of sp³-hybridized carbons (Fsp3) is 0.0952. The van der Waals surface area contributed by atoms with Gasteiger partial charge >= 0.3 is 0 Å². The van der Waals surface area contributed by atoms with Crippen LogP contribution in [0, 0.1) is 6.92 Å². The molecule has 2 aromatic carbocycles. The molecule has 0 aliphatic carbocycles. The van der Waals surface area contributed by atoms with Crippen LogP contribution in [0.2, 0.25) is 0 Å². The Balaban J connectivity index is 1.93. The van der Waals surface area contributed by atoms with Gasteiger partial charge in [-0.1, -0.05) is 64.5 Å². The molecule has 2 aromatic heterocycles. The SMILES string of the molecule is Cc1ccc2nc(-c3cccc(Br)c3)c(Cc3ccccc3)n2c1. The smallest absolute Gasteiger partial charge is 0.137 e. The third-order valence-electron chi connectivity index (χ3n) is 4.18. The minimum atomic E-state index is 0.854. The summed E-state index contributed by atoms with van der Waals surface area (Å²) in [6.45, 7) is 2.12. The normalized spacial score (nSPS) is 11.1. The quantitative estimate of drug-likeness (QED) is 0.450. The highest BCUT2D eigenvalue weighted by Crippen LogP contribution is 2.28. The number of fused-ring (bicyclic) bond motifs is 1. The summed E-state index contributed by atoms with van der Waals surface area (Å²) in [4.78, 5) is 4.90. The molecule has 0 saturated carbocycles. The molecule has 0 amide bonds. The van der Waals surface area contributed by atoms with E-state index < -0.39 is 0 Å². The monoisotopic (exact) mass is 376 g/mol. The summed E-state index contributed by atoms with van der Waals surface area (Å²) in [5.41, 5.74) is 6.91. The van der Waals surface area contributed by atoms with E-state index >= 15 is 0 Å². The van der Waals surface area contributed by atoms with E-state index in [0.29, 0.717) is 0 Å². The summed E-state index contributed by atoms with van der Waals surface area (Å²) in [6.07, 6.45) is 3.02. The zero-order valence-corrected chi connectivity index (χ0v) is 15.0. The molecule has 0 N–H and O–H groups in total. The molecule has 3 heteroatoms. The molecule has 2 nitrogen and oxygen atoms in total. The van der Waals surface area contributed by atoms with Gasteiger partial charge in [-0.25, -0.2) is 4.98 Å². The van der Waals surface area contributed by atoms with E-state index in [1.165, 1.54) is 16.8 Å². The summed E-state index contributed by atoms with van der Waals surface area (Å²) in [6, 6.07) is 23.1. The Morgan fingerprint density at radius 2 is 1.79 bits per heavy atom. The summed E-state index contributed by atoms with van der Waals surface area (Å²) in [5, 5.41) is 0. The molecule has 0 spiro atoms. The molecule has 2 heterocycles. The summed E-state index contributed by atoms with van der Waals surface area (Å²) in [7, 11) is 0. The van der Waals surface area contributed by atoms with Crippen LogP contribution in [0.1, 0.15) is 16.8 Å². The van der Waals surface area contributed by atoms with Crippen LogP contribution >= 0.6 is 15.9 Å². The van der Waals surface area contributed by atoms with Crippen LogP contribution in [0.25, 0.3) is 16.9 Å². The highest BCUT2D eigenvalue weighted by Gasteiger charge is 2.15. The lowest BCUT2D eigenvalue weighted by Crippen LogP contribution is -1.97. The van der Waals surface area contributed by atoms with E-state index in [1.807, 2.05) is 6.07 Å². The average molecular weight is 377 g/mol. The fourth-order valence-electron chi connectivity index (χ4n) is 3.02. The molecule has 4 aromatic rings.